The van der Waals surface area contributed by atoms with Crippen molar-refractivity contribution < 1.29 is 23.6 Å². The number of nitrogens with zero attached hydrogens (tertiary/aromatic N) is 1. The Morgan fingerprint density at radius 3 is 1.93 bits per heavy atom. The lowest BCUT2D eigenvalue weighted by atomic mass is 9.93. The van der Waals surface area contributed by atoms with Gasteiger partial charge in [-0.2, -0.15) is 5.06 Å². The first-order valence-corrected chi connectivity index (χ1v) is 11.5. The molecule has 28 heavy (non-hydrogen) atoms. The van der Waals surface area contributed by atoms with Crippen LogP contribution in [0.1, 0.15) is 67.1 Å². The van der Waals surface area contributed by atoms with Crippen LogP contribution in [0.5, 0.6) is 0 Å². The van der Waals surface area contributed by atoms with Crippen LogP contribution in [0, 0.1) is 5.41 Å². The van der Waals surface area contributed by atoms with Gasteiger partial charge in [0.05, 0.1) is 25.4 Å². The highest BCUT2D eigenvalue weighted by Gasteiger charge is 2.52. The number of aliphatic hydroxyl groups excluding tert-OH is 1. The number of benzene rings is 1. The number of rotatable bonds is 11. The quantitative estimate of drug-likeness (QED) is 0.386. The Morgan fingerprint density at radius 2 is 1.54 bits per heavy atom. The fraction of sp³-hybridized carbons (Fsp3) is 0.714. The maximum Gasteiger partial charge on any atom is 0.350 e. The van der Waals surface area contributed by atoms with Crippen molar-refractivity contribution in [3.05, 3.63) is 35.9 Å². The van der Waals surface area contributed by atoms with Crippen LogP contribution in [0.15, 0.2) is 30.3 Å². The van der Waals surface area contributed by atoms with Gasteiger partial charge >= 0.3 is 7.60 Å². The van der Waals surface area contributed by atoms with Crippen molar-refractivity contribution in [2.45, 2.75) is 72.8 Å². The Labute approximate surface area is 170 Å². The smallest absolute Gasteiger partial charge is 0.350 e. The molecule has 0 aromatic heterocycles. The summed E-state index contributed by atoms with van der Waals surface area (Å²) in [5.74, 6) is -0.715. The molecular weight excluding hydrogens is 377 g/mol. The van der Waals surface area contributed by atoms with Gasteiger partial charge in [-0.3, -0.25) is 9.40 Å². The first kappa shape index (κ1) is 25.3. The van der Waals surface area contributed by atoms with Crippen LogP contribution in [0.3, 0.4) is 0 Å². The van der Waals surface area contributed by atoms with Crippen LogP contribution in [0.25, 0.3) is 0 Å². The highest BCUT2D eigenvalue weighted by atomic mass is 31.2. The monoisotopic (exact) mass is 415 g/mol. The molecule has 0 unspecified atom stereocenters. The second-order valence-electron chi connectivity index (χ2n) is 8.57. The standard InChI is InChI=1S/C21H38NO5P/c1-9-25-28(24,26-10-2)19(20(4,5)6)22(21(7,8)16-23)27-17(3)18-14-12-11-13-15-18/h11-15,17,19,23H,9-10,16H2,1-8H3/t17-,19-/m0/s1. The molecule has 1 aromatic carbocycles. The summed E-state index contributed by atoms with van der Waals surface area (Å²) in [7, 11) is -3.57. The van der Waals surface area contributed by atoms with Crippen LogP contribution in [-0.2, 0) is 18.5 Å². The van der Waals surface area contributed by atoms with Crippen LogP contribution >= 0.6 is 7.60 Å². The summed E-state index contributed by atoms with van der Waals surface area (Å²) >= 11 is 0. The van der Waals surface area contributed by atoms with E-state index in [2.05, 4.69) is 0 Å². The SMILES string of the molecule is CCOP(=O)(OCC)[C@H](N(O[C@@H](C)c1ccccc1)C(C)(C)CO)C(C)(C)C. The largest absolute Gasteiger partial charge is 0.394 e. The van der Waals surface area contributed by atoms with Gasteiger partial charge < -0.3 is 14.2 Å². The Balaban J connectivity index is 3.46. The Bertz CT molecular complexity index is 619. The van der Waals surface area contributed by atoms with E-state index in [4.69, 9.17) is 13.9 Å². The van der Waals surface area contributed by atoms with Gasteiger partial charge in [0.25, 0.3) is 0 Å². The van der Waals surface area contributed by atoms with Gasteiger partial charge in [0.1, 0.15) is 11.9 Å². The molecular formula is C21H38NO5P. The molecule has 0 fully saturated rings. The minimum atomic E-state index is -3.57. The third-order valence-electron chi connectivity index (χ3n) is 4.44. The van der Waals surface area contributed by atoms with Crippen molar-refractivity contribution >= 4 is 7.60 Å². The van der Waals surface area contributed by atoms with Crippen molar-refractivity contribution in [1.82, 2.24) is 5.06 Å². The number of hydroxylamine groups is 2. The van der Waals surface area contributed by atoms with E-state index in [0.29, 0.717) is 0 Å². The fourth-order valence-electron chi connectivity index (χ4n) is 3.05. The van der Waals surface area contributed by atoms with Crippen molar-refractivity contribution in [3.8, 4) is 0 Å². The summed E-state index contributed by atoms with van der Waals surface area (Å²) in [6.45, 7) is 15.5. The van der Waals surface area contributed by atoms with Gasteiger partial charge in [0.15, 0.2) is 0 Å². The average Bonchev–Trinajstić information content (AvgIpc) is 2.61. The highest BCUT2D eigenvalue weighted by molar-refractivity contribution is 7.54. The first-order valence-electron chi connectivity index (χ1n) is 9.93. The third-order valence-corrected chi connectivity index (χ3v) is 7.26. The zero-order valence-electron chi connectivity index (χ0n) is 18.6. The van der Waals surface area contributed by atoms with Gasteiger partial charge in [-0.05, 0) is 45.6 Å². The zero-order chi connectivity index (χ0) is 21.6. The maximum atomic E-state index is 13.8. The maximum absolute atomic E-state index is 13.8. The summed E-state index contributed by atoms with van der Waals surface area (Å²) in [5.41, 5.74) is -0.343. The van der Waals surface area contributed by atoms with Crippen molar-refractivity contribution in [2.75, 3.05) is 19.8 Å². The summed E-state index contributed by atoms with van der Waals surface area (Å²) < 4.78 is 25.2. The van der Waals surface area contributed by atoms with Gasteiger partial charge in [0.2, 0.25) is 0 Å². The number of hydrogen-bond donors (Lipinski definition) is 1. The van der Waals surface area contributed by atoms with E-state index in [-0.39, 0.29) is 25.9 Å². The topological polar surface area (TPSA) is 68.2 Å². The molecule has 0 spiro atoms. The minimum Gasteiger partial charge on any atom is -0.394 e. The molecule has 0 saturated carbocycles. The molecule has 0 saturated heterocycles. The Kier molecular flexibility index (Phi) is 9.33. The molecule has 0 radical (unpaired) electrons. The molecule has 2 atom stereocenters. The van der Waals surface area contributed by atoms with E-state index in [9.17, 15) is 9.67 Å². The molecule has 6 nitrogen and oxygen atoms in total. The second kappa shape index (κ2) is 10.3. The van der Waals surface area contributed by atoms with E-state index in [1.165, 1.54) is 0 Å². The molecule has 0 aliphatic carbocycles. The van der Waals surface area contributed by atoms with Gasteiger partial charge in [-0.1, -0.05) is 51.1 Å². The number of aliphatic hydroxyl groups is 1. The molecule has 0 heterocycles. The average molecular weight is 416 g/mol. The molecule has 0 aliphatic rings. The zero-order valence-corrected chi connectivity index (χ0v) is 19.5. The lowest BCUT2D eigenvalue weighted by molar-refractivity contribution is -0.274. The van der Waals surface area contributed by atoms with Crippen LogP contribution in [0.2, 0.25) is 0 Å². The Morgan fingerprint density at radius 1 is 1.04 bits per heavy atom. The van der Waals surface area contributed by atoms with E-state index in [0.717, 1.165) is 5.56 Å². The van der Waals surface area contributed by atoms with Crippen LogP contribution < -0.4 is 0 Å². The normalized spacial score (nSPS) is 15.6. The lowest BCUT2D eigenvalue weighted by Gasteiger charge is -2.48. The summed E-state index contributed by atoms with van der Waals surface area (Å²) in [6.07, 6.45) is -0.312. The predicted octanol–water partition coefficient (Wildman–Crippen LogP) is 5.39. The fourth-order valence-corrected chi connectivity index (χ4v) is 5.70. The molecule has 0 bridgehead atoms. The highest BCUT2D eigenvalue weighted by Crippen LogP contribution is 2.61. The van der Waals surface area contributed by atoms with Crippen LogP contribution in [-0.4, -0.2) is 41.3 Å². The molecule has 0 aliphatic heterocycles. The molecule has 0 amide bonds. The van der Waals surface area contributed by atoms with Gasteiger partial charge in [0, 0.05) is 0 Å². The van der Waals surface area contributed by atoms with Crippen molar-refractivity contribution in [3.63, 3.8) is 0 Å². The van der Waals surface area contributed by atoms with Gasteiger partial charge in [-0.25, -0.2) is 0 Å². The van der Waals surface area contributed by atoms with E-state index in [1.807, 2.05) is 71.9 Å². The van der Waals surface area contributed by atoms with Crippen molar-refractivity contribution in [2.24, 2.45) is 5.41 Å². The predicted molar refractivity (Wildman–Crippen MR) is 113 cm³/mol. The minimum absolute atomic E-state index is 0.181. The van der Waals surface area contributed by atoms with E-state index < -0.39 is 24.3 Å². The van der Waals surface area contributed by atoms with Crippen molar-refractivity contribution in [1.29, 1.82) is 0 Å². The second-order valence-corrected chi connectivity index (χ2v) is 10.7. The molecule has 7 heteroatoms. The molecule has 1 N–H and O–H groups in total. The third kappa shape index (κ3) is 6.38. The Hall–Kier alpha value is -0.750. The molecule has 1 rings (SSSR count). The molecule has 1 aromatic rings. The number of hydrogen-bond acceptors (Lipinski definition) is 6. The molecule has 162 valence electrons. The van der Waals surface area contributed by atoms with Gasteiger partial charge in [-0.15, -0.1) is 0 Å². The summed E-state index contributed by atoms with van der Waals surface area (Å²) in [4.78, 5) is 6.36. The lowest BCUT2D eigenvalue weighted by Crippen LogP contribution is -2.56. The first-order chi connectivity index (χ1) is 12.9. The van der Waals surface area contributed by atoms with E-state index in [1.54, 1.807) is 18.9 Å². The summed E-state index contributed by atoms with van der Waals surface area (Å²) in [6, 6.07) is 9.80. The van der Waals surface area contributed by atoms with E-state index >= 15 is 0 Å². The summed E-state index contributed by atoms with van der Waals surface area (Å²) in [5, 5.41) is 11.7. The van der Waals surface area contributed by atoms with Crippen LogP contribution in [0.4, 0.5) is 0 Å².